The van der Waals surface area contributed by atoms with Crippen LogP contribution in [-0.2, 0) is 5.41 Å². The molecule has 0 N–H and O–H groups in total. The molecule has 0 aliphatic heterocycles. The maximum Gasteiger partial charge on any atom is 0.0549 e. The second-order valence-corrected chi connectivity index (χ2v) is 13.8. The summed E-state index contributed by atoms with van der Waals surface area (Å²) in [6.07, 6.45) is 0. The Kier molecular flexibility index (Phi) is 7.21. The molecular formula is C49H37N. The molecule has 1 aliphatic carbocycles. The van der Waals surface area contributed by atoms with Crippen LogP contribution in [0.15, 0.2) is 188 Å². The first-order valence-electron chi connectivity index (χ1n) is 17.4. The van der Waals surface area contributed by atoms with Gasteiger partial charge in [0.05, 0.1) is 5.69 Å². The number of benzene rings is 8. The van der Waals surface area contributed by atoms with Crippen LogP contribution in [0.3, 0.4) is 0 Å². The number of fused-ring (bicyclic) bond motifs is 5. The van der Waals surface area contributed by atoms with Crippen LogP contribution in [-0.4, -0.2) is 0 Å². The van der Waals surface area contributed by atoms with Crippen LogP contribution >= 0.6 is 0 Å². The summed E-state index contributed by atoms with van der Waals surface area (Å²) in [5.74, 6) is 0. The van der Waals surface area contributed by atoms with Crippen LogP contribution in [0.1, 0.15) is 25.0 Å². The Morgan fingerprint density at radius 2 is 0.880 bits per heavy atom. The van der Waals surface area contributed by atoms with Crippen molar-refractivity contribution >= 4 is 27.8 Å². The third-order valence-electron chi connectivity index (χ3n) is 10.4. The Labute approximate surface area is 294 Å². The predicted octanol–water partition coefficient (Wildman–Crippen LogP) is 13.6. The van der Waals surface area contributed by atoms with E-state index in [1.165, 1.54) is 72.1 Å². The Morgan fingerprint density at radius 3 is 1.52 bits per heavy atom. The van der Waals surface area contributed by atoms with Crippen molar-refractivity contribution in [2.75, 3.05) is 4.90 Å². The topological polar surface area (TPSA) is 3.24 Å². The Bertz CT molecular complexity index is 2490. The maximum absolute atomic E-state index is 2.48. The van der Waals surface area contributed by atoms with Crippen LogP contribution in [0.5, 0.6) is 0 Å². The highest BCUT2D eigenvalue weighted by Crippen LogP contribution is 2.56. The quantitative estimate of drug-likeness (QED) is 0.175. The first-order chi connectivity index (χ1) is 24.6. The van der Waals surface area contributed by atoms with E-state index in [0.29, 0.717) is 0 Å². The number of hydrogen-bond donors (Lipinski definition) is 0. The zero-order chi connectivity index (χ0) is 33.7. The molecule has 8 aromatic rings. The molecule has 0 unspecified atom stereocenters. The number of hydrogen-bond acceptors (Lipinski definition) is 1. The summed E-state index contributed by atoms with van der Waals surface area (Å²) in [5.41, 5.74) is 15.9. The fourth-order valence-corrected chi connectivity index (χ4v) is 8.00. The summed E-state index contributed by atoms with van der Waals surface area (Å²) in [5, 5.41) is 2.57. The van der Waals surface area contributed by atoms with Gasteiger partial charge in [0.15, 0.2) is 0 Å². The van der Waals surface area contributed by atoms with Crippen molar-refractivity contribution in [1.82, 2.24) is 0 Å². The van der Waals surface area contributed by atoms with Gasteiger partial charge >= 0.3 is 0 Å². The van der Waals surface area contributed by atoms with Crippen LogP contribution in [0.25, 0.3) is 55.3 Å². The molecule has 0 spiro atoms. The minimum absolute atomic E-state index is 0.151. The molecule has 0 amide bonds. The molecule has 0 saturated heterocycles. The van der Waals surface area contributed by atoms with E-state index < -0.39 is 0 Å². The van der Waals surface area contributed by atoms with Crippen LogP contribution in [0.2, 0.25) is 0 Å². The zero-order valence-electron chi connectivity index (χ0n) is 28.3. The Morgan fingerprint density at radius 1 is 0.400 bits per heavy atom. The summed E-state index contributed by atoms with van der Waals surface area (Å²) in [6.45, 7) is 4.77. The fraction of sp³-hybridized carbons (Fsp3) is 0.0612. The summed E-state index contributed by atoms with van der Waals surface area (Å²) in [6, 6.07) is 68.5. The van der Waals surface area contributed by atoms with Gasteiger partial charge in [0.2, 0.25) is 0 Å². The van der Waals surface area contributed by atoms with E-state index in [1.807, 2.05) is 0 Å². The Hall–Kier alpha value is -6.18. The molecule has 0 fully saturated rings. The zero-order valence-corrected chi connectivity index (χ0v) is 28.3. The molecule has 1 aliphatic rings. The normalized spacial score (nSPS) is 12.8. The van der Waals surface area contributed by atoms with Crippen molar-refractivity contribution in [2.45, 2.75) is 19.3 Å². The lowest BCUT2D eigenvalue weighted by Gasteiger charge is -2.30. The molecule has 0 radical (unpaired) electrons. The van der Waals surface area contributed by atoms with Crippen LogP contribution in [0.4, 0.5) is 17.1 Å². The van der Waals surface area contributed by atoms with Crippen molar-refractivity contribution in [3.05, 3.63) is 199 Å². The number of rotatable bonds is 6. The van der Waals surface area contributed by atoms with E-state index in [2.05, 4.69) is 207 Å². The lowest BCUT2D eigenvalue weighted by molar-refractivity contribution is 0.666. The SMILES string of the molecule is CC1(C)c2ccccc2-c2c(N(c3cccc(-c4ccccc4)c3)c3cccc(-c4ccc(-c5ccccc5)cc4)c3)cc3ccccc3c21. The molecule has 1 nitrogen and oxygen atoms in total. The maximum atomic E-state index is 2.48. The second kappa shape index (κ2) is 12.1. The van der Waals surface area contributed by atoms with Crippen molar-refractivity contribution in [3.63, 3.8) is 0 Å². The van der Waals surface area contributed by atoms with Crippen molar-refractivity contribution in [1.29, 1.82) is 0 Å². The monoisotopic (exact) mass is 639 g/mol. The van der Waals surface area contributed by atoms with Gasteiger partial charge < -0.3 is 4.90 Å². The van der Waals surface area contributed by atoms with Gasteiger partial charge in [0.1, 0.15) is 0 Å². The molecule has 0 atom stereocenters. The molecule has 238 valence electrons. The van der Waals surface area contributed by atoms with Gasteiger partial charge in [0.25, 0.3) is 0 Å². The third kappa shape index (κ3) is 5.02. The highest BCUT2D eigenvalue weighted by molar-refractivity contribution is 6.06. The lowest BCUT2D eigenvalue weighted by Crippen LogP contribution is -2.17. The molecule has 0 heterocycles. The van der Waals surface area contributed by atoms with Gasteiger partial charge in [-0.05, 0) is 91.2 Å². The summed E-state index contributed by atoms with van der Waals surface area (Å²) in [7, 11) is 0. The largest absolute Gasteiger partial charge is 0.310 e. The van der Waals surface area contributed by atoms with Crippen molar-refractivity contribution in [3.8, 4) is 44.5 Å². The fourth-order valence-electron chi connectivity index (χ4n) is 8.00. The summed E-state index contributed by atoms with van der Waals surface area (Å²) in [4.78, 5) is 2.48. The van der Waals surface area contributed by atoms with Crippen LogP contribution in [0, 0.1) is 0 Å². The molecule has 0 saturated carbocycles. The average molecular weight is 640 g/mol. The first-order valence-corrected chi connectivity index (χ1v) is 17.4. The summed E-state index contributed by atoms with van der Waals surface area (Å²) >= 11 is 0. The predicted molar refractivity (Wildman–Crippen MR) is 213 cm³/mol. The van der Waals surface area contributed by atoms with Gasteiger partial charge in [-0.25, -0.2) is 0 Å². The second-order valence-electron chi connectivity index (χ2n) is 13.8. The van der Waals surface area contributed by atoms with Gasteiger partial charge in [0, 0.05) is 22.4 Å². The molecular weight excluding hydrogens is 603 g/mol. The molecule has 50 heavy (non-hydrogen) atoms. The minimum atomic E-state index is -0.151. The minimum Gasteiger partial charge on any atom is -0.310 e. The molecule has 0 bridgehead atoms. The van der Waals surface area contributed by atoms with E-state index in [9.17, 15) is 0 Å². The molecule has 8 aromatic carbocycles. The first kappa shape index (κ1) is 29.9. The number of nitrogens with zero attached hydrogens (tertiary/aromatic N) is 1. The van der Waals surface area contributed by atoms with Gasteiger partial charge in [-0.1, -0.05) is 172 Å². The molecule has 9 rings (SSSR count). The van der Waals surface area contributed by atoms with Crippen LogP contribution < -0.4 is 4.90 Å². The van der Waals surface area contributed by atoms with Gasteiger partial charge in [-0.3, -0.25) is 0 Å². The van der Waals surface area contributed by atoms with E-state index in [-0.39, 0.29) is 5.41 Å². The van der Waals surface area contributed by atoms with Crippen molar-refractivity contribution in [2.24, 2.45) is 0 Å². The lowest BCUT2D eigenvalue weighted by atomic mass is 9.80. The summed E-state index contributed by atoms with van der Waals surface area (Å²) < 4.78 is 0. The van der Waals surface area contributed by atoms with E-state index in [4.69, 9.17) is 0 Å². The van der Waals surface area contributed by atoms with E-state index in [1.54, 1.807) is 0 Å². The average Bonchev–Trinajstić information content (AvgIpc) is 3.43. The Balaban J connectivity index is 1.28. The number of anilines is 3. The third-order valence-corrected chi connectivity index (χ3v) is 10.4. The molecule has 0 aromatic heterocycles. The smallest absolute Gasteiger partial charge is 0.0549 e. The van der Waals surface area contributed by atoms with Gasteiger partial charge in [-0.15, -0.1) is 0 Å². The highest BCUT2D eigenvalue weighted by atomic mass is 15.1. The van der Waals surface area contributed by atoms with E-state index in [0.717, 1.165) is 11.4 Å². The highest BCUT2D eigenvalue weighted by Gasteiger charge is 2.39. The van der Waals surface area contributed by atoms with Crippen molar-refractivity contribution < 1.29 is 0 Å². The van der Waals surface area contributed by atoms with Gasteiger partial charge in [-0.2, -0.15) is 0 Å². The standard InChI is InChI=1S/C49H37N/c1-49(2)45-26-12-11-25-44(45)47-46(33-40-19-9-10-24-43(40)48(47)49)50(41-22-13-20-38(31-41)35-17-7-4-8-18-35)42-23-14-21-39(32-42)37-29-27-36(28-30-37)34-15-5-3-6-16-34/h3-33H,1-2H3. The van der Waals surface area contributed by atoms with E-state index >= 15 is 0 Å². The molecule has 1 heteroatoms.